The minimum Gasteiger partial charge on any atom is -0.385 e. The van der Waals surface area contributed by atoms with Gasteiger partial charge in [-0.05, 0) is 31.9 Å². The molecule has 1 fully saturated rings. The number of likely N-dealkylation sites (N-methyl/N-ethyl adjacent to an activating group) is 1. The SMILES string of the molecule is CN=C(NCCN(C)Cc1ccccc1)N1CCC(OCCCOC)CC1. The highest BCUT2D eigenvalue weighted by Gasteiger charge is 2.21. The third kappa shape index (κ3) is 8.28. The lowest BCUT2D eigenvalue weighted by Gasteiger charge is -2.34. The quantitative estimate of drug-likeness (QED) is 0.385. The number of methoxy groups -OCH3 is 1. The molecule has 1 heterocycles. The summed E-state index contributed by atoms with van der Waals surface area (Å²) in [6.45, 7) is 6.39. The van der Waals surface area contributed by atoms with Gasteiger partial charge in [-0.3, -0.25) is 4.99 Å². The van der Waals surface area contributed by atoms with Gasteiger partial charge in [0.2, 0.25) is 0 Å². The maximum atomic E-state index is 5.94. The Balaban J connectivity index is 1.63. The topological polar surface area (TPSA) is 49.3 Å². The van der Waals surface area contributed by atoms with E-state index in [1.165, 1.54) is 5.56 Å². The van der Waals surface area contributed by atoms with Gasteiger partial charge in [0.1, 0.15) is 0 Å². The largest absolute Gasteiger partial charge is 0.385 e. The number of benzene rings is 1. The molecule has 1 aliphatic rings. The van der Waals surface area contributed by atoms with Crippen molar-refractivity contribution in [3.8, 4) is 0 Å². The molecule has 6 heteroatoms. The molecule has 1 aromatic rings. The van der Waals surface area contributed by atoms with Crippen LogP contribution in [0.5, 0.6) is 0 Å². The molecular weight excluding hydrogens is 340 g/mol. The highest BCUT2D eigenvalue weighted by atomic mass is 16.5. The molecule has 0 aliphatic carbocycles. The molecule has 0 spiro atoms. The fourth-order valence-electron chi connectivity index (χ4n) is 3.35. The molecule has 0 bridgehead atoms. The minimum atomic E-state index is 0.369. The Hall–Kier alpha value is -1.63. The third-order valence-corrected chi connectivity index (χ3v) is 4.87. The lowest BCUT2D eigenvalue weighted by atomic mass is 10.1. The smallest absolute Gasteiger partial charge is 0.193 e. The molecule has 0 saturated carbocycles. The third-order valence-electron chi connectivity index (χ3n) is 4.87. The predicted molar refractivity (Wildman–Crippen MR) is 111 cm³/mol. The number of aliphatic imine (C=N–C) groups is 1. The predicted octanol–water partition coefficient (Wildman–Crippen LogP) is 2.21. The van der Waals surface area contributed by atoms with E-state index in [9.17, 15) is 0 Å². The van der Waals surface area contributed by atoms with E-state index in [1.807, 2.05) is 7.05 Å². The number of rotatable bonds is 10. The van der Waals surface area contributed by atoms with E-state index in [4.69, 9.17) is 9.47 Å². The van der Waals surface area contributed by atoms with Crippen molar-refractivity contribution in [2.45, 2.75) is 31.9 Å². The lowest BCUT2D eigenvalue weighted by molar-refractivity contribution is 0.00990. The number of hydrogen-bond acceptors (Lipinski definition) is 4. The molecule has 0 atom stereocenters. The second kappa shape index (κ2) is 12.7. The molecular formula is C21H36N4O2. The van der Waals surface area contributed by atoms with Gasteiger partial charge >= 0.3 is 0 Å². The van der Waals surface area contributed by atoms with Crippen LogP contribution in [0.1, 0.15) is 24.8 Å². The summed E-state index contributed by atoms with van der Waals surface area (Å²) in [5.74, 6) is 1.00. The van der Waals surface area contributed by atoms with Crippen molar-refractivity contribution in [3.63, 3.8) is 0 Å². The molecule has 1 N–H and O–H groups in total. The van der Waals surface area contributed by atoms with Crippen LogP contribution in [-0.4, -0.2) is 82.5 Å². The van der Waals surface area contributed by atoms with Gasteiger partial charge in [-0.25, -0.2) is 0 Å². The summed E-state index contributed by atoms with van der Waals surface area (Å²) in [6, 6.07) is 10.6. The normalized spacial score (nSPS) is 16.1. The Bertz CT molecular complexity index is 530. The van der Waals surface area contributed by atoms with Crippen LogP contribution in [0.4, 0.5) is 0 Å². The second-order valence-corrected chi connectivity index (χ2v) is 7.10. The second-order valence-electron chi connectivity index (χ2n) is 7.10. The fraction of sp³-hybridized carbons (Fsp3) is 0.667. The van der Waals surface area contributed by atoms with Gasteiger partial charge in [0, 0.05) is 60.1 Å². The molecule has 152 valence electrons. The summed E-state index contributed by atoms with van der Waals surface area (Å²) in [6.07, 6.45) is 3.45. The zero-order valence-electron chi connectivity index (χ0n) is 17.2. The summed E-state index contributed by atoms with van der Waals surface area (Å²) in [4.78, 5) is 9.13. The lowest BCUT2D eigenvalue weighted by Crippen LogP contribution is -2.48. The maximum Gasteiger partial charge on any atom is 0.193 e. The van der Waals surface area contributed by atoms with Crippen LogP contribution >= 0.6 is 0 Å². The molecule has 0 radical (unpaired) electrons. The number of hydrogen-bond donors (Lipinski definition) is 1. The van der Waals surface area contributed by atoms with Crippen LogP contribution in [-0.2, 0) is 16.0 Å². The van der Waals surface area contributed by atoms with Crippen molar-refractivity contribution in [1.29, 1.82) is 0 Å². The van der Waals surface area contributed by atoms with E-state index in [1.54, 1.807) is 7.11 Å². The van der Waals surface area contributed by atoms with E-state index in [2.05, 4.69) is 57.5 Å². The van der Waals surface area contributed by atoms with Crippen LogP contribution in [0.3, 0.4) is 0 Å². The molecule has 2 rings (SSSR count). The number of guanidine groups is 1. The number of piperidine rings is 1. The van der Waals surface area contributed by atoms with Gasteiger partial charge in [-0.1, -0.05) is 30.3 Å². The van der Waals surface area contributed by atoms with Crippen molar-refractivity contribution in [2.24, 2.45) is 4.99 Å². The highest BCUT2D eigenvalue weighted by molar-refractivity contribution is 5.79. The Morgan fingerprint density at radius 2 is 1.96 bits per heavy atom. The van der Waals surface area contributed by atoms with E-state index in [0.29, 0.717) is 6.10 Å². The Morgan fingerprint density at radius 1 is 1.22 bits per heavy atom. The van der Waals surface area contributed by atoms with Crippen LogP contribution < -0.4 is 5.32 Å². The zero-order chi connectivity index (χ0) is 19.3. The van der Waals surface area contributed by atoms with E-state index in [0.717, 1.165) is 71.2 Å². The first kappa shape index (κ1) is 21.7. The zero-order valence-corrected chi connectivity index (χ0v) is 17.2. The van der Waals surface area contributed by atoms with E-state index >= 15 is 0 Å². The first-order chi connectivity index (χ1) is 13.2. The molecule has 1 aliphatic heterocycles. The van der Waals surface area contributed by atoms with Gasteiger partial charge in [0.15, 0.2) is 5.96 Å². The standard InChI is InChI=1S/C21H36N4O2/c1-22-21(23-12-15-24(2)18-19-8-5-4-6-9-19)25-13-10-20(11-14-25)27-17-7-16-26-3/h4-6,8-9,20H,7,10-18H2,1-3H3,(H,22,23). The first-order valence-corrected chi connectivity index (χ1v) is 10.0. The number of nitrogens with zero attached hydrogens (tertiary/aromatic N) is 3. The maximum absolute atomic E-state index is 5.94. The average molecular weight is 377 g/mol. The van der Waals surface area contributed by atoms with Crippen molar-refractivity contribution >= 4 is 5.96 Å². The molecule has 1 aromatic carbocycles. The number of likely N-dealkylation sites (tertiary alicyclic amines) is 1. The highest BCUT2D eigenvalue weighted by Crippen LogP contribution is 2.14. The van der Waals surface area contributed by atoms with Crippen LogP contribution in [0.15, 0.2) is 35.3 Å². The van der Waals surface area contributed by atoms with Gasteiger partial charge in [0.05, 0.1) is 6.10 Å². The fourth-order valence-corrected chi connectivity index (χ4v) is 3.35. The summed E-state index contributed by atoms with van der Waals surface area (Å²) >= 11 is 0. The average Bonchev–Trinajstić information content (AvgIpc) is 2.70. The minimum absolute atomic E-state index is 0.369. The van der Waals surface area contributed by atoms with Gasteiger partial charge in [0.25, 0.3) is 0 Å². The summed E-state index contributed by atoms with van der Waals surface area (Å²) in [7, 11) is 5.75. The Morgan fingerprint density at radius 3 is 2.63 bits per heavy atom. The van der Waals surface area contributed by atoms with Gasteiger partial charge < -0.3 is 24.6 Å². The Labute approximate surface area is 164 Å². The van der Waals surface area contributed by atoms with Crippen LogP contribution in [0.25, 0.3) is 0 Å². The summed E-state index contributed by atoms with van der Waals surface area (Å²) in [5.41, 5.74) is 1.34. The van der Waals surface area contributed by atoms with E-state index in [-0.39, 0.29) is 0 Å². The molecule has 0 amide bonds. The van der Waals surface area contributed by atoms with Crippen molar-refractivity contribution in [2.75, 3.05) is 60.6 Å². The van der Waals surface area contributed by atoms with Crippen LogP contribution in [0, 0.1) is 0 Å². The molecule has 27 heavy (non-hydrogen) atoms. The van der Waals surface area contributed by atoms with Crippen LogP contribution in [0.2, 0.25) is 0 Å². The molecule has 0 aromatic heterocycles. The number of ether oxygens (including phenoxy) is 2. The molecule has 1 saturated heterocycles. The summed E-state index contributed by atoms with van der Waals surface area (Å²) in [5, 5.41) is 3.51. The summed E-state index contributed by atoms with van der Waals surface area (Å²) < 4.78 is 11.0. The molecule has 0 unspecified atom stereocenters. The van der Waals surface area contributed by atoms with Crippen molar-refractivity contribution < 1.29 is 9.47 Å². The van der Waals surface area contributed by atoms with Crippen molar-refractivity contribution in [1.82, 2.24) is 15.1 Å². The van der Waals surface area contributed by atoms with Gasteiger partial charge in [-0.15, -0.1) is 0 Å². The Kier molecular flexibility index (Phi) is 10.2. The first-order valence-electron chi connectivity index (χ1n) is 10.0. The van der Waals surface area contributed by atoms with Crippen molar-refractivity contribution in [3.05, 3.63) is 35.9 Å². The van der Waals surface area contributed by atoms with Gasteiger partial charge in [-0.2, -0.15) is 0 Å². The monoisotopic (exact) mass is 376 g/mol. The number of nitrogens with one attached hydrogen (secondary N) is 1. The van der Waals surface area contributed by atoms with E-state index < -0.39 is 0 Å². The molecule has 6 nitrogen and oxygen atoms in total.